The van der Waals surface area contributed by atoms with Crippen LogP contribution in [0.4, 0.5) is 8.78 Å². The van der Waals surface area contributed by atoms with Crippen molar-refractivity contribution in [1.82, 2.24) is 0 Å². The summed E-state index contributed by atoms with van der Waals surface area (Å²) in [6.45, 7) is 3.50. The Labute approximate surface area is 88.0 Å². The summed E-state index contributed by atoms with van der Waals surface area (Å²) in [7, 11) is 0. The third-order valence-corrected chi connectivity index (χ3v) is 1.73. The van der Waals surface area contributed by atoms with E-state index in [0.717, 1.165) is 6.07 Å². The topological polar surface area (TPSA) is 26.0 Å². The summed E-state index contributed by atoms with van der Waals surface area (Å²) < 4.78 is 25.4. The van der Waals surface area contributed by atoms with Gasteiger partial charge in [0, 0.05) is 12.1 Å². The van der Waals surface area contributed by atoms with Crippen molar-refractivity contribution in [1.29, 1.82) is 0 Å². The molecule has 1 atom stereocenters. The van der Waals surface area contributed by atoms with Gasteiger partial charge in [-0.05, 0) is 24.1 Å². The molecule has 0 saturated carbocycles. The van der Waals surface area contributed by atoms with Crippen LogP contribution in [0, 0.1) is 11.6 Å². The van der Waals surface area contributed by atoms with E-state index in [1.807, 2.05) is 0 Å². The van der Waals surface area contributed by atoms with Crippen LogP contribution < -0.4 is 5.73 Å². The Morgan fingerprint density at radius 3 is 2.21 bits per heavy atom. The van der Waals surface area contributed by atoms with Gasteiger partial charge in [-0.25, -0.2) is 8.78 Å². The lowest BCUT2D eigenvalue weighted by Crippen LogP contribution is -2.09. The first-order valence-corrected chi connectivity index (χ1v) is 3.96. The van der Waals surface area contributed by atoms with Gasteiger partial charge in [0.25, 0.3) is 0 Å². The number of halogens is 3. The number of nitrogens with two attached hydrogens (primary N) is 1. The van der Waals surface area contributed by atoms with E-state index in [0.29, 0.717) is 12.0 Å². The standard InChI is InChI=1S/C10H11F2N.ClH/c1-2-3-10(13)7-4-8(11)6-9(12)5-7;/h2,4-6,10H,1,3,13H2;1H/t10-;/m1./s1. The molecule has 0 spiro atoms. The first-order valence-electron chi connectivity index (χ1n) is 3.96. The fourth-order valence-corrected chi connectivity index (χ4v) is 1.10. The predicted molar refractivity (Wildman–Crippen MR) is 55.3 cm³/mol. The molecule has 0 fully saturated rings. The van der Waals surface area contributed by atoms with Gasteiger partial charge in [0.05, 0.1) is 0 Å². The molecule has 0 unspecified atom stereocenters. The lowest BCUT2D eigenvalue weighted by atomic mass is 10.0. The molecule has 0 saturated heterocycles. The largest absolute Gasteiger partial charge is 0.324 e. The van der Waals surface area contributed by atoms with Crippen LogP contribution in [-0.4, -0.2) is 0 Å². The second-order valence-corrected chi connectivity index (χ2v) is 2.83. The number of benzene rings is 1. The van der Waals surface area contributed by atoms with E-state index in [-0.39, 0.29) is 18.4 Å². The second kappa shape index (κ2) is 5.73. The van der Waals surface area contributed by atoms with E-state index in [2.05, 4.69) is 6.58 Å². The van der Waals surface area contributed by atoms with Crippen molar-refractivity contribution in [2.45, 2.75) is 12.5 Å². The molecule has 0 aliphatic rings. The maximum atomic E-state index is 12.7. The molecular weight excluding hydrogens is 208 g/mol. The summed E-state index contributed by atoms with van der Waals surface area (Å²) >= 11 is 0. The number of rotatable bonds is 3. The highest BCUT2D eigenvalue weighted by Gasteiger charge is 2.06. The minimum atomic E-state index is -0.602. The van der Waals surface area contributed by atoms with Crippen LogP contribution in [0.5, 0.6) is 0 Å². The molecule has 0 heterocycles. The molecule has 1 rings (SSSR count). The molecule has 14 heavy (non-hydrogen) atoms. The predicted octanol–water partition coefficient (Wildman–Crippen LogP) is 2.96. The van der Waals surface area contributed by atoms with Crippen molar-refractivity contribution in [2.75, 3.05) is 0 Å². The lowest BCUT2D eigenvalue weighted by molar-refractivity contribution is 0.573. The van der Waals surface area contributed by atoms with Gasteiger partial charge in [-0.3, -0.25) is 0 Å². The molecule has 0 aromatic heterocycles. The zero-order chi connectivity index (χ0) is 9.84. The molecular formula is C10H12ClF2N. The highest BCUT2D eigenvalue weighted by molar-refractivity contribution is 5.85. The van der Waals surface area contributed by atoms with Crippen molar-refractivity contribution in [2.24, 2.45) is 5.73 Å². The quantitative estimate of drug-likeness (QED) is 0.778. The first kappa shape index (κ1) is 13.1. The molecule has 1 aromatic carbocycles. The fraction of sp³-hybridized carbons (Fsp3) is 0.200. The molecule has 0 aliphatic heterocycles. The fourth-order valence-electron chi connectivity index (χ4n) is 1.10. The normalized spacial score (nSPS) is 11.6. The van der Waals surface area contributed by atoms with Gasteiger partial charge in [0.15, 0.2) is 0 Å². The van der Waals surface area contributed by atoms with Crippen LogP contribution in [0.25, 0.3) is 0 Å². The lowest BCUT2D eigenvalue weighted by Gasteiger charge is -2.09. The van der Waals surface area contributed by atoms with E-state index in [1.54, 1.807) is 6.08 Å². The average molecular weight is 220 g/mol. The van der Waals surface area contributed by atoms with Crippen molar-refractivity contribution in [3.63, 3.8) is 0 Å². The van der Waals surface area contributed by atoms with Gasteiger partial charge in [-0.1, -0.05) is 6.08 Å². The molecule has 1 aromatic rings. The van der Waals surface area contributed by atoms with Gasteiger partial charge in [-0.15, -0.1) is 19.0 Å². The number of hydrogen-bond acceptors (Lipinski definition) is 1. The molecule has 0 aliphatic carbocycles. The van der Waals surface area contributed by atoms with Crippen molar-refractivity contribution < 1.29 is 8.78 Å². The third-order valence-electron chi connectivity index (χ3n) is 1.73. The molecule has 0 amide bonds. The number of hydrogen-bond donors (Lipinski definition) is 1. The summed E-state index contributed by atoms with van der Waals surface area (Å²) in [5.74, 6) is -1.20. The van der Waals surface area contributed by atoms with Gasteiger partial charge in [0.1, 0.15) is 11.6 Å². The minimum Gasteiger partial charge on any atom is -0.324 e. The van der Waals surface area contributed by atoms with E-state index in [9.17, 15) is 8.78 Å². The van der Waals surface area contributed by atoms with Crippen LogP contribution in [0.1, 0.15) is 18.0 Å². The zero-order valence-electron chi connectivity index (χ0n) is 7.54. The maximum absolute atomic E-state index is 12.7. The smallest absolute Gasteiger partial charge is 0.126 e. The first-order chi connectivity index (χ1) is 6.13. The molecule has 0 bridgehead atoms. The van der Waals surface area contributed by atoms with Gasteiger partial charge < -0.3 is 5.73 Å². The van der Waals surface area contributed by atoms with Gasteiger partial charge >= 0.3 is 0 Å². The van der Waals surface area contributed by atoms with Crippen LogP contribution in [0.2, 0.25) is 0 Å². The van der Waals surface area contributed by atoms with E-state index in [1.165, 1.54) is 12.1 Å². The summed E-state index contributed by atoms with van der Waals surface area (Å²) in [6, 6.07) is 2.90. The summed E-state index contributed by atoms with van der Waals surface area (Å²) in [5.41, 5.74) is 6.09. The monoisotopic (exact) mass is 219 g/mol. The van der Waals surface area contributed by atoms with Crippen molar-refractivity contribution in [3.8, 4) is 0 Å². The highest BCUT2D eigenvalue weighted by atomic mass is 35.5. The summed E-state index contributed by atoms with van der Waals surface area (Å²) in [6.07, 6.45) is 2.12. The molecule has 1 nitrogen and oxygen atoms in total. The van der Waals surface area contributed by atoms with Crippen LogP contribution >= 0.6 is 12.4 Å². The Hall–Kier alpha value is -0.930. The Kier molecular flexibility index (Phi) is 5.35. The Bertz CT molecular complexity index is 295. The molecule has 0 radical (unpaired) electrons. The van der Waals surface area contributed by atoms with Crippen molar-refractivity contribution >= 4 is 12.4 Å². The Morgan fingerprint density at radius 2 is 1.79 bits per heavy atom. The minimum absolute atomic E-state index is 0. The van der Waals surface area contributed by atoms with E-state index >= 15 is 0 Å². The summed E-state index contributed by atoms with van der Waals surface area (Å²) in [5, 5.41) is 0. The Morgan fingerprint density at radius 1 is 1.29 bits per heavy atom. The summed E-state index contributed by atoms with van der Waals surface area (Å²) in [4.78, 5) is 0. The molecule has 4 heteroatoms. The van der Waals surface area contributed by atoms with Gasteiger partial charge in [-0.2, -0.15) is 0 Å². The molecule has 2 N–H and O–H groups in total. The van der Waals surface area contributed by atoms with E-state index in [4.69, 9.17) is 5.73 Å². The van der Waals surface area contributed by atoms with Crippen LogP contribution in [0.3, 0.4) is 0 Å². The van der Waals surface area contributed by atoms with Crippen LogP contribution in [0.15, 0.2) is 30.9 Å². The van der Waals surface area contributed by atoms with Gasteiger partial charge in [0.2, 0.25) is 0 Å². The van der Waals surface area contributed by atoms with Crippen molar-refractivity contribution in [3.05, 3.63) is 48.1 Å². The SMILES string of the molecule is C=CC[C@@H](N)c1cc(F)cc(F)c1.Cl. The highest BCUT2D eigenvalue weighted by Crippen LogP contribution is 2.16. The Balaban J connectivity index is 0.00000169. The maximum Gasteiger partial charge on any atom is 0.126 e. The van der Waals surface area contributed by atoms with Crippen LogP contribution in [-0.2, 0) is 0 Å². The third kappa shape index (κ3) is 3.44. The zero-order valence-corrected chi connectivity index (χ0v) is 8.36. The second-order valence-electron chi connectivity index (χ2n) is 2.83. The molecule has 78 valence electrons. The van der Waals surface area contributed by atoms with E-state index < -0.39 is 11.6 Å². The average Bonchev–Trinajstić information content (AvgIpc) is 2.03.